The average molecular weight is 457 g/mol. The number of hydrogen-bond acceptors (Lipinski definition) is 5. The number of sulfonamides is 1. The molecule has 0 aromatic heterocycles. The molecule has 0 aliphatic heterocycles. The number of benzene rings is 2. The Bertz CT molecular complexity index is 1020. The molecule has 0 saturated carbocycles. The monoisotopic (exact) mass is 456 g/mol. The summed E-state index contributed by atoms with van der Waals surface area (Å²) in [5.41, 5.74) is 0.597. The number of esters is 1. The van der Waals surface area contributed by atoms with Gasteiger partial charge in [0.2, 0.25) is 10.0 Å². The maximum Gasteiger partial charge on any atom is 0.307 e. The molecule has 162 valence electrons. The molecular formula is C20H22ClFN2O5S. The number of nitrogens with one attached hydrogen (secondary N) is 1. The molecule has 0 aliphatic carbocycles. The zero-order valence-electron chi connectivity index (χ0n) is 16.5. The molecule has 1 atom stereocenters. The molecule has 2 rings (SSSR count). The number of rotatable bonds is 9. The van der Waals surface area contributed by atoms with Gasteiger partial charge in [-0.25, -0.2) is 17.5 Å². The lowest BCUT2D eigenvalue weighted by Crippen LogP contribution is -2.37. The lowest BCUT2D eigenvalue weighted by molar-refractivity contribution is -0.158. The molecule has 1 N–H and O–H groups in total. The topological polar surface area (TPSA) is 92.8 Å². The van der Waals surface area contributed by atoms with Gasteiger partial charge in [0.05, 0.1) is 11.3 Å². The van der Waals surface area contributed by atoms with Gasteiger partial charge < -0.3 is 9.64 Å². The fourth-order valence-electron chi connectivity index (χ4n) is 2.61. The maximum absolute atomic E-state index is 13.3. The zero-order chi connectivity index (χ0) is 22.3. The first-order valence-corrected chi connectivity index (χ1v) is 10.9. The number of halogens is 2. The highest BCUT2D eigenvalue weighted by Crippen LogP contribution is 2.15. The van der Waals surface area contributed by atoms with E-state index in [1.165, 1.54) is 55.3 Å². The van der Waals surface area contributed by atoms with Crippen LogP contribution < -0.4 is 4.72 Å². The Kier molecular flexibility index (Phi) is 8.33. The van der Waals surface area contributed by atoms with E-state index in [1.807, 2.05) is 0 Å². The minimum absolute atomic E-state index is 0.0223. The van der Waals surface area contributed by atoms with Crippen molar-refractivity contribution in [3.05, 3.63) is 64.9 Å². The van der Waals surface area contributed by atoms with Gasteiger partial charge >= 0.3 is 5.97 Å². The number of carbonyl (C=O) groups excluding carboxylic acids is 2. The van der Waals surface area contributed by atoms with Crippen molar-refractivity contribution >= 4 is 33.5 Å². The lowest BCUT2D eigenvalue weighted by atomic mass is 10.2. The highest BCUT2D eigenvalue weighted by atomic mass is 35.5. The van der Waals surface area contributed by atoms with Crippen molar-refractivity contribution < 1.29 is 27.1 Å². The Balaban J connectivity index is 1.81. The molecule has 0 spiro atoms. The molecule has 0 heterocycles. The van der Waals surface area contributed by atoms with Crippen LogP contribution in [0.5, 0.6) is 0 Å². The summed E-state index contributed by atoms with van der Waals surface area (Å²) in [7, 11) is -2.31. The number of likely N-dealkylation sites (N-methyl/N-ethyl adjacent to an activating group) is 1. The third-order valence-corrected chi connectivity index (χ3v) is 5.76. The normalized spacial score (nSPS) is 12.3. The Morgan fingerprint density at radius 3 is 2.57 bits per heavy atom. The van der Waals surface area contributed by atoms with Crippen LogP contribution in [-0.4, -0.2) is 44.9 Å². The van der Waals surface area contributed by atoms with Gasteiger partial charge in [-0.05, 0) is 42.8 Å². The fraction of sp³-hybridized carbons (Fsp3) is 0.300. The standard InChI is InChI=1S/C20H22ClFN2O5S/c1-14(20(26)24(2)13-15-5-3-7-17(22)11-15)29-19(25)9-10-23-30(27,28)18-8-4-6-16(21)12-18/h3-8,11-12,14,23H,9-10,13H2,1-2H3. The summed E-state index contributed by atoms with van der Waals surface area (Å²) in [6, 6.07) is 11.5. The predicted molar refractivity (Wildman–Crippen MR) is 110 cm³/mol. The van der Waals surface area contributed by atoms with Crippen LogP contribution >= 0.6 is 11.6 Å². The minimum atomic E-state index is -3.82. The van der Waals surface area contributed by atoms with Gasteiger partial charge in [0.15, 0.2) is 6.10 Å². The molecule has 7 nitrogen and oxygen atoms in total. The molecular weight excluding hydrogens is 435 g/mol. The second-order valence-corrected chi connectivity index (χ2v) is 8.76. The van der Waals surface area contributed by atoms with Crippen molar-refractivity contribution in [2.45, 2.75) is 30.9 Å². The summed E-state index contributed by atoms with van der Waals surface area (Å²) < 4.78 is 45.0. The highest BCUT2D eigenvalue weighted by molar-refractivity contribution is 7.89. The molecule has 30 heavy (non-hydrogen) atoms. The smallest absolute Gasteiger partial charge is 0.307 e. The highest BCUT2D eigenvalue weighted by Gasteiger charge is 2.22. The first-order valence-electron chi connectivity index (χ1n) is 9.02. The SMILES string of the molecule is CC(OC(=O)CCNS(=O)(=O)c1cccc(Cl)c1)C(=O)N(C)Cc1cccc(F)c1. The molecule has 0 bridgehead atoms. The van der Waals surface area contributed by atoms with E-state index in [0.29, 0.717) is 5.56 Å². The summed E-state index contributed by atoms with van der Waals surface area (Å²) in [6.07, 6.45) is -1.33. The van der Waals surface area contributed by atoms with E-state index in [4.69, 9.17) is 16.3 Å². The van der Waals surface area contributed by atoms with Gasteiger partial charge in [-0.15, -0.1) is 0 Å². The Morgan fingerprint density at radius 1 is 1.20 bits per heavy atom. The Labute approximate surface area is 179 Å². The quantitative estimate of drug-likeness (QED) is 0.586. The fourth-order valence-corrected chi connectivity index (χ4v) is 3.94. The summed E-state index contributed by atoms with van der Waals surface area (Å²) in [4.78, 5) is 25.6. The number of ether oxygens (including phenoxy) is 1. The molecule has 1 amide bonds. The van der Waals surface area contributed by atoms with Crippen molar-refractivity contribution in [1.82, 2.24) is 9.62 Å². The summed E-state index contributed by atoms with van der Waals surface area (Å²) in [5.74, 6) is -1.61. The van der Waals surface area contributed by atoms with Crippen LogP contribution in [0.3, 0.4) is 0 Å². The molecule has 2 aromatic rings. The number of nitrogens with zero attached hydrogens (tertiary/aromatic N) is 1. The van der Waals surface area contributed by atoms with Crippen LogP contribution in [0.1, 0.15) is 18.9 Å². The molecule has 0 fully saturated rings. The van der Waals surface area contributed by atoms with Crippen molar-refractivity contribution in [1.29, 1.82) is 0 Å². The minimum Gasteiger partial charge on any atom is -0.452 e. The average Bonchev–Trinajstić information content (AvgIpc) is 2.67. The maximum atomic E-state index is 13.3. The van der Waals surface area contributed by atoms with E-state index in [2.05, 4.69) is 4.72 Å². The first-order chi connectivity index (χ1) is 14.1. The molecule has 1 unspecified atom stereocenters. The van der Waals surface area contributed by atoms with Gasteiger partial charge in [0.1, 0.15) is 5.82 Å². The largest absolute Gasteiger partial charge is 0.452 e. The van der Waals surface area contributed by atoms with Crippen LogP contribution in [0.25, 0.3) is 0 Å². The lowest BCUT2D eigenvalue weighted by Gasteiger charge is -2.21. The van der Waals surface area contributed by atoms with Crippen molar-refractivity contribution in [3.63, 3.8) is 0 Å². The van der Waals surface area contributed by atoms with Crippen molar-refractivity contribution in [3.8, 4) is 0 Å². The van der Waals surface area contributed by atoms with Crippen LogP contribution in [0.15, 0.2) is 53.4 Å². The van der Waals surface area contributed by atoms with Gasteiger partial charge in [0.25, 0.3) is 5.91 Å². The van der Waals surface area contributed by atoms with Crippen LogP contribution in [0.4, 0.5) is 4.39 Å². The van der Waals surface area contributed by atoms with E-state index in [9.17, 15) is 22.4 Å². The second kappa shape index (κ2) is 10.5. The molecule has 0 saturated heterocycles. The third kappa shape index (κ3) is 7.08. The number of amides is 1. The summed E-state index contributed by atoms with van der Waals surface area (Å²) in [6.45, 7) is 1.37. The molecule has 0 radical (unpaired) electrons. The summed E-state index contributed by atoms with van der Waals surface area (Å²) >= 11 is 5.79. The van der Waals surface area contributed by atoms with Gasteiger partial charge in [0, 0.05) is 25.2 Å². The zero-order valence-corrected chi connectivity index (χ0v) is 18.0. The first kappa shape index (κ1) is 23.8. The summed E-state index contributed by atoms with van der Waals surface area (Å²) in [5, 5.41) is 0.270. The van der Waals surface area contributed by atoms with Gasteiger partial charge in [-0.1, -0.05) is 29.8 Å². The predicted octanol–water partition coefficient (Wildman–Crippen LogP) is 2.74. The van der Waals surface area contributed by atoms with Crippen molar-refractivity contribution in [2.75, 3.05) is 13.6 Å². The number of hydrogen-bond donors (Lipinski definition) is 1. The van der Waals surface area contributed by atoms with E-state index in [1.54, 1.807) is 12.1 Å². The van der Waals surface area contributed by atoms with Gasteiger partial charge in [-0.2, -0.15) is 0 Å². The molecule has 2 aromatic carbocycles. The van der Waals surface area contributed by atoms with E-state index in [0.717, 1.165) is 0 Å². The molecule has 0 aliphatic rings. The van der Waals surface area contributed by atoms with E-state index in [-0.39, 0.29) is 29.4 Å². The van der Waals surface area contributed by atoms with Gasteiger partial charge in [-0.3, -0.25) is 9.59 Å². The van der Waals surface area contributed by atoms with E-state index >= 15 is 0 Å². The second-order valence-electron chi connectivity index (χ2n) is 6.56. The van der Waals surface area contributed by atoms with Crippen LogP contribution in [0.2, 0.25) is 5.02 Å². The van der Waals surface area contributed by atoms with E-state index < -0.39 is 33.8 Å². The molecule has 10 heteroatoms. The Hall–Kier alpha value is -2.49. The van der Waals surface area contributed by atoms with Crippen LogP contribution in [0, 0.1) is 5.82 Å². The van der Waals surface area contributed by atoms with Crippen LogP contribution in [-0.2, 0) is 30.9 Å². The number of carbonyl (C=O) groups is 2. The van der Waals surface area contributed by atoms with Crippen molar-refractivity contribution in [2.24, 2.45) is 0 Å². The Morgan fingerprint density at radius 2 is 1.90 bits per heavy atom. The third-order valence-electron chi connectivity index (χ3n) is 4.07.